The lowest BCUT2D eigenvalue weighted by atomic mass is 9.97. The third kappa shape index (κ3) is 9.88. The monoisotopic (exact) mass is 556 g/mol. The molecule has 3 aromatic rings. The summed E-state index contributed by atoms with van der Waals surface area (Å²) in [6.45, 7) is 12.3. The first-order valence-corrected chi connectivity index (χ1v) is 14.2. The lowest BCUT2D eigenvalue weighted by molar-refractivity contribution is 0.0657. The molecule has 7 heteroatoms. The fourth-order valence-corrected chi connectivity index (χ4v) is 4.83. The van der Waals surface area contributed by atoms with Crippen molar-refractivity contribution in [1.29, 1.82) is 0 Å². The molecule has 0 aliphatic carbocycles. The Labute approximate surface area is 245 Å². The third-order valence-electron chi connectivity index (χ3n) is 6.90. The van der Waals surface area contributed by atoms with Gasteiger partial charge in [0.1, 0.15) is 5.82 Å². The molecule has 0 fully saturated rings. The Morgan fingerprint density at radius 2 is 1.78 bits per heavy atom. The number of carbonyl (C=O) groups excluding carboxylic acids is 1. The molecule has 0 saturated heterocycles. The van der Waals surface area contributed by atoms with Crippen molar-refractivity contribution in [3.63, 3.8) is 0 Å². The van der Waals surface area contributed by atoms with Crippen LogP contribution in [0.15, 0.2) is 92.0 Å². The van der Waals surface area contributed by atoms with Crippen molar-refractivity contribution in [2.45, 2.75) is 44.9 Å². The topological polar surface area (TPSA) is 77.9 Å². The highest BCUT2D eigenvalue weighted by Crippen LogP contribution is 2.20. The lowest BCUT2D eigenvalue weighted by Crippen LogP contribution is -2.49. The highest BCUT2D eigenvalue weighted by Gasteiger charge is 2.25. The summed E-state index contributed by atoms with van der Waals surface area (Å²) in [6, 6.07) is 21.3. The van der Waals surface area contributed by atoms with E-state index in [4.69, 9.17) is 4.74 Å². The first-order chi connectivity index (χ1) is 19.9. The molecule has 0 saturated carbocycles. The summed E-state index contributed by atoms with van der Waals surface area (Å²) in [5.74, 6) is 0.644. The minimum atomic E-state index is -0.802. The summed E-state index contributed by atoms with van der Waals surface area (Å²) in [7, 11) is 3.40. The third-order valence-corrected chi connectivity index (χ3v) is 6.90. The molecular weight excluding hydrogens is 512 g/mol. The molecule has 1 aromatic heterocycles. The van der Waals surface area contributed by atoms with E-state index in [0.29, 0.717) is 36.8 Å². The average molecular weight is 557 g/mol. The van der Waals surface area contributed by atoms with Crippen LogP contribution in [-0.4, -0.2) is 66.8 Å². The number of hydrogen-bond acceptors (Lipinski definition) is 6. The van der Waals surface area contributed by atoms with Crippen LogP contribution in [0, 0.1) is 0 Å². The number of hydrogen-bond donors (Lipinski definition) is 2. The molecule has 0 bridgehead atoms. The van der Waals surface area contributed by atoms with E-state index < -0.39 is 12.1 Å². The first kappa shape index (κ1) is 31.6. The summed E-state index contributed by atoms with van der Waals surface area (Å²) in [5, 5.41) is 14.7. The van der Waals surface area contributed by atoms with E-state index in [0.717, 1.165) is 37.1 Å². The predicted molar refractivity (Wildman–Crippen MR) is 168 cm³/mol. The molecule has 0 spiro atoms. The highest BCUT2D eigenvalue weighted by atomic mass is 16.5. The number of ether oxygens (including phenoxy) is 1. The van der Waals surface area contributed by atoms with Gasteiger partial charge in [0.2, 0.25) is 5.88 Å². The van der Waals surface area contributed by atoms with Gasteiger partial charge < -0.3 is 20.1 Å². The van der Waals surface area contributed by atoms with E-state index in [1.165, 1.54) is 12.7 Å². The van der Waals surface area contributed by atoms with E-state index in [9.17, 15) is 9.90 Å². The van der Waals surface area contributed by atoms with Crippen molar-refractivity contribution in [2.75, 3.05) is 38.7 Å². The maximum absolute atomic E-state index is 13.7. The van der Waals surface area contributed by atoms with Crippen LogP contribution in [0.5, 0.6) is 5.88 Å². The van der Waals surface area contributed by atoms with Gasteiger partial charge in [-0.05, 0) is 48.6 Å². The number of carbonyl (C=O) groups is 1. The zero-order valence-corrected chi connectivity index (χ0v) is 24.6. The number of anilines is 1. The number of benzene rings is 2. The Balaban J connectivity index is 1.88. The predicted octanol–water partition coefficient (Wildman–Crippen LogP) is 5.06. The SMILES string of the molecule is C=CCc1cccc(CC(NC(=O)c2cc(OC)nc(N(C)CC=C)c2)C(O)CN(CCC)Cc2ccccc2)c1. The summed E-state index contributed by atoms with van der Waals surface area (Å²) in [6.07, 6.45) is 5.03. The highest BCUT2D eigenvalue weighted by molar-refractivity contribution is 5.95. The zero-order chi connectivity index (χ0) is 29.6. The molecule has 2 atom stereocenters. The molecule has 1 heterocycles. The standard InChI is InChI=1S/C34H44N4O3/c1-6-13-26-16-12-17-28(20-26)21-30(31(39)25-38(19-8-3)24-27-14-10-9-11-15-27)35-34(40)29-22-32(37(4)18-7-2)36-33(23-29)41-5/h6-7,9-12,14-17,20,22-23,30-31,39H,1-2,8,13,18-19,21,24-25H2,3-5H3,(H,35,40). The minimum Gasteiger partial charge on any atom is -0.481 e. The van der Waals surface area contributed by atoms with Gasteiger partial charge in [-0.15, -0.1) is 13.2 Å². The number of aliphatic hydroxyl groups excluding tert-OH is 1. The van der Waals surface area contributed by atoms with Crippen molar-refractivity contribution in [1.82, 2.24) is 15.2 Å². The van der Waals surface area contributed by atoms with Gasteiger partial charge in [0.15, 0.2) is 0 Å². The van der Waals surface area contributed by atoms with Gasteiger partial charge in [0, 0.05) is 38.3 Å². The fourth-order valence-electron chi connectivity index (χ4n) is 4.83. The molecule has 0 aliphatic rings. The molecular formula is C34H44N4O3. The largest absolute Gasteiger partial charge is 0.481 e. The molecule has 218 valence electrons. The Bertz CT molecular complexity index is 1260. The average Bonchev–Trinajstić information content (AvgIpc) is 2.97. The summed E-state index contributed by atoms with van der Waals surface area (Å²) >= 11 is 0. The number of nitrogens with zero attached hydrogens (tertiary/aromatic N) is 3. The molecule has 41 heavy (non-hydrogen) atoms. The van der Waals surface area contributed by atoms with Crippen molar-refractivity contribution >= 4 is 11.7 Å². The molecule has 0 radical (unpaired) electrons. The molecule has 2 aromatic carbocycles. The number of aromatic nitrogens is 1. The number of amides is 1. The van der Waals surface area contributed by atoms with Crippen molar-refractivity contribution in [2.24, 2.45) is 0 Å². The molecule has 2 unspecified atom stereocenters. The van der Waals surface area contributed by atoms with Crippen LogP contribution in [0.3, 0.4) is 0 Å². The first-order valence-electron chi connectivity index (χ1n) is 14.2. The fraction of sp³-hybridized carbons (Fsp3) is 0.353. The van der Waals surface area contributed by atoms with Gasteiger partial charge in [0.25, 0.3) is 5.91 Å². The Hall–Kier alpha value is -3.94. The van der Waals surface area contributed by atoms with Crippen molar-refractivity contribution in [3.05, 3.63) is 114 Å². The van der Waals surface area contributed by atoms with E-state index in [1.807, 2.05) is 48.4 Å². The van der Waals surface area contributed by atoms with Crippen LogP contribution < -0.4 is 15.0 Å². The van der Waals surface area contributed by atoms with Crippen LogP contribution in [0.2, 0.25) is 0 Å². The van der Waals surface area contributed by atoms with E-state index in [1.54, 1.807) is 18.2 Å². The normalized spacial score (nSPS) is 12.4. The molecule has 3 rings (SSSR count). The Kier molecular flexibility index (Phi) is 12.6. The number of likely N-dealkylation sites (N-methyl/N-ethyl adjacent to an activating group) is 1. The van der Waals surface area contributed by atoms with Crippen LogP contribution >= 0.6 is 0 Å². The van der Waals surface area contributed by atoms with Crippen LogP contribution in [-0.2, 0) is 19.4 Å². The lowest BCUT2D eigenvalue weighted by Gasteiger charge is -2.30. The maximum Gasteiger partial charge on any atom is 0.251 e. The Morgan fingerprint density at radius 1 is 1.05 bits per heavy atom. The van der Waals surface area contributed by atoms with Gasteiger partial charge in [-0.25, -0.2) is 0 Å². The van der Waals surface area contributed by atoms with E-state index in [2.05, 4.69) is 59.5 Å². The number of rotatable bonds is 17. The van der Waals surface area contributed by atoms with Gasteiger partial charge in [-0.2, -0.15) is 4.98 Å². The maximum atomic E-state index is 13.7. The minimum absolute atomic E-state index is 0.296. The number of allylic oxidation sites excluding steroid dienone is 1. The Morgan fingerprint density at radius 3 is 2.46 bits per heavy atom. The number of methoxy groups -OCH3 is 1. The molecule has 2 N–H and O–H groups in total. The van der Waals surface area contributed by atoms with Gasteiger partial charge in [-0.1, -0.05) is 73.7 Å². The second-order valence-corrected chi connectivity index (χ2v) is 10.3. The summed E-state index contributed by atoms with van der Waals surface area (Å²) in [4.78, 5) is 22.3. The zero-order valence-electron chi connectivity index (χ0n) is 24.6. The van der Waals surface area contributed by atoms with Gasteiger partial charge in [-0.3, -0.25) is 9.69 Å². The number of aliphatic hydroxyl groups is 1. The number of pyridine rings is 1. The molecule has 7 nitrogen and oxygen atoms in total. The second kappa shape index (κ2) is 16.4. The molecule has 0 aliphatic heterocycles. The van der Waals surface area contributed by atoms with Gasteiger partial charge in [0.05, 0.1) is 19.3 Å². The summed E-state index contributed by atoms with van der Waals surface area (Å²) < 4.78 is 5.39. The summed E-state index contributed by atoms with van der Waals surface area (Å²) in [5.41, 5.74) is 3.78. The van der Waals surface area contributed by atoms with Crippen LogP contribution in [0.4, 0.5) is 5.82 Å². The van der Waals surface area contributed by atoms with Crippen molar-refractivity contribution in [3.8, 4) is 5.88 Å². The second-order valence-electron chi connectivity index (χ2n) is 10.3. The molecule has 1 amide bonds. The van der Waals surface area contributed by atoms with E-state index in [-0.39, 0.29) is 5.91 Å². The number of nitrogens with one attached hydrogen (secondary N) is 1. The van der Waals surface area contributed by atoms with Gasteiger partial charge >= 0.3 is 0 Å². The smallest absolute Gasteiger partial charge is 0.251 e. The van der Waals surface area contributed by atoms with E-state index >= 15 is 0 Å². The van der Waals surface area contributed by atoms with Crippen LogP contribution in [0.1, 0.15) is 40.4 Å². The van der Waals surface area contributed by atoms with Crippen molar-refractivity contribution < 1.29 is 14.6 Å². The quantitative estimate of drug-likeness (QED) is 0.227. The van der Waals surface area contributed by atoms with Crippen LogP contribution in [0.25, 0.3) is 0 Å².